The van der Waals surface area contributed by atoms with E-state index in [1.807, 2.05) is 0 Å². The number of anilines is 2. The van der Waals surface area contributed by atoms with Crippen molar-refractivity contribution in [3.8, 4) is 5.75 Å². The van der Waals surface area contributed by atoms with E-state index < -0.39 is 27.9 Å². The molecule has 0 aromatic heterocycles. The summed E-state index contributed by atoms with van der Waals surface area (Å²) in [5, 5.41) is 3.03. The number of ether oxygens (including phenoxy) is 2. The molecule has 1 amide bonds. The number of methoxy groups -OCH3 is 1. The average molecular weight is 489 g/mol. The maximum absolute atomic E-state index is 12.9. The van der Waals surface area contributed by atoms with Crippen LogP contribution in [0.3, 0.4) is 0 Å². The molecule has 0 aliphatic carbocycles. The summed E-state index contributed by atoms with van der Waals surface area (Å²) in [5.74, 6) is -1.06. The third-order valence-electron chi connectivity index (χ3n) is 4.20. The first kappa shape index (κ1) is 24.8. The van der Waals surface area contributed by atoms with Crippen LogP contribution in [0.1, 0.15) is 24.2 Å². The molecule has 8 nitrogen and oxygen atoms in total. The van der Waals surface area contributed by atoms with Gasteiger partial charge in [0.15, 0.2) is 0 Å². The summed E-state index contributed by atoms with van der Waals surface area (Å²) in [4.78, 5) is 24.9. The molecular weight excluding hydrogens is 467 g/mol. The Morgan fingerprint density at radius 1 is 1.16 bits per heavy atom. The van der Waals surface area contributed by atoms with E-state index in [9.17, 15) is 18.0 Å². The first-order valence-corrected chi connectivity index (χ1v) is 11.7. The van der Waals surface area contributed by atoms with E-state index in [0.29, 0.717) is 0 Å². The van der Waals surface area contributed by atoms with Crippen LogP contribution >= 0.6 is 23.2 Å². The number of esters is 1. The summed E-state index contributed by atoms with van der Waals surface area (Å²) in [6, 6.07) is 7.54. The number of carbonyl (C=O) groups excluding carboxylic acids is 2. The van der Waals surface area contributed by atoms with Gasteiger partial charge in [-0.3, -0.25) is 9.10 Å². The molecule has 2 aromatic rings. The summed E-state index contributed by atoms with van der Waals surface area (Å²) in [6.45, 7) is 3.23. The van der Waals surface area contributed by atoms with Crippen molar-refractivity contribution in [3.63, 3.8) is 0 Å². The highest BCUT2D eigenvalue weighted by Gasteiger charge is 2.31. The lowest BCUT2D eigenvalue weighted by molar-refractivity contribution is -0.116. The fourth-order valence-electron chi connectivity index (χ4n) is 2.83. The summed E-state index contributed by atoms with van der Waals surface area (Å²) < 4.78 is 36.2. The lowest BCUT2D eigenvalue weighted by Gasteiger charge is -2.29. The molecule has 1 atom stereocenters. The molecule has 0 radical (unpaired) electrons. The summed E-state index contributed by atoms with van der Waals surface area (Å²) in [5.41, 5.74) is 0.435. The Kier molecular flexibility index (Phi) is 8.16. The lowest BCUT2D eigenvalue weighted by atomic mass is 10.2. The van der Waals surface area contributed by atoms with Gasteiger partial charge in [0.25, 0.3) is 0 Å². The molecular formula is C20H22Cl2N2O6S. The summed E-state index contributed by atoms with van der Waals surface area (Å²) in [7, 11) is -2.52. The average Bonchev–Trinajstić information content (AvgIpc) is 2.68. The fraction of sp³-hybridized carbons (Fsp3) is 0.300. The monoisotopic (exact) mass is 488 g/mol. The molecule has 0 saturated heterocycles. The van der Waals surface area contributed by atoms with Crippen molar-refractivity contribution >= 4 is 56.5 Å². The number of hydrogen-bond donors (Lipinski definition) is 1. The molecule has 11 heteroatoms. The molecule has 168 valence electrons. The topological polar surface area (TPSA) is 102 Å². The van der Waals surface area contributed by atoms with Gasteiger partial charge in [0.1, 0.15) is 11.8 Å². The highest BCUT2D eigenvalue weighted by Crippen LogP contribution is 2.34. The number of nitrogens with zero attached hydrogens (tertiary/aromatic N) is 1. The second-order valence-electron chi connectivity index (χ2n) is 6.46. The largest absolute Gasteiger partial charge is 0.495 e. The maximum atomic E-state index is 12.9. The minimum absolute atomic E-state index is 0.0745. The Hall–Kier alpha value is -2.49. The fourth-order valence-corrected chi connectivity index (χ4v) is 4.36. The highest BCUT2D eigenvalue weighted by atomic mass is 35.5. The third kappa shape index (κ3) is 6.03. The molecule has 31 heavy (non-hydrogen) atoms. The minimum Gasteiger partial charge on any atom is -0.495 e. The highest BCUT2D eigenvalue weighted by molar-refractivity contribution is 7.92. The molecule has 0 aliphatic rings. The Morgan fingerprint density at radius 3 is 2.42 bits per heavy atom. The van der Waals surface area contributed by atoms with Gasteiger partial charge in [-0.25, -0.2) is 13.2 Å². The Balaban J connectivity index is 2.39. The van der Waals surface area contributed by atoms with E-state index in [-0.39, 0.29) is 39.3 Å². The van der Waals surface area contributed by atoms with Crippen molar-refractivity contribution in [2.75, 3.05) is 29.6 Å². The molecule has 0 heterocycles. The number of amides is 1. The second kappa shape index (κ2) is 10.2. The molecule has 2 rings (SSSR count). The molecule has 0 bridgehead atoms. The number of rotatable bonds is 8. The molecule has 1 N–H and O–H groups in total. The quantitative estimate of drug-likeness (QED) is 0.563. The standard InChI is InChI=1S/C20H22Cl2N2O6S/c1-5-30-20(26)15-11-14(7-8-16(15)22)23-19(25)12(2)24(31(4,27)28)17-10-13(21)6-9-18(17)29-3/h6-12H,5H2,1-4H3,(H,23,25). The molecule has 2 aromatic carbocycles. The van der Waals surface area contributed by atoms with Crippen LogP contribution in [0.25, 0.3) is 0 Å². The van der Waals surface area contributed by atoms with Crippen LogP contribution in [0.15, 0.2) is 36.4 Å². The number of nitrogens with one attached hydrogen (secondary N) is 1. The van der Waals surface area contributed by atoms with Crippen molar-refractivity contribution < 1.29 is 27.5 Å². The van der Waals surface area contributed by atoms with Crippen LogP contribution in [-0.2, 0) is 19.6 Å². The summed E-state index contributed by atoms with van der Waals surface area (Å²) in [6.07, 6.45) is 0.971. The summed E-state index contributed by atoms with van der Waals surface area (Å²) >= 11 is 12.1. The van der Waals surface area contributed by atoms with Crippen LogP contribution < -0.4 is 14.4 Å². The van der Waals surface area contributed by atoms with Gasteiger partial charge in [0.2, 0.25) is 15.9 Å². The number of benzene rings is 2. The van der Waals surface area contributed by atoms with Crippen LogP contribution in [0.2, 0.25) is 10.0 Å². The van der Waals surface area contributed by atoms with E-state index in [1.54, 1.807) is 13.0 Å². The zero-order valence-corrected chi connectivity index (χ0v) is 19.6. The van der Waals surface area contributed by atoms with Gasteiger partial charge in [0, 0.05) is 10.7 Å². The molecule has 0 spiro atoms. The van der Waals surface area contributed by atoms with Crippen LogP contribution in [0.5, 0.6) is 5.75 Å². The SMILES string of the molecule is CCOC(=O)c1cc(NC(=O)C(C)N(c2cc(Cl)ccc2OC)S(C)(=O)=O)ccc1Cl. The van der Waals surface area contributed by atoms with Crippen molar-refractivity contribution in [2.45, 2.75) is 19.9 Å². The van der Waals surface area contributed by atoms with Gasteiger partial charge < -0.3 is 14.8 Å². The zero-order chi connectivity index (χ0) is 23.3. The van der Waals surface area contributed by atoms with Crippen molar-refractivity contribution in [1.82, 2.24) is 0 Å². The van der Waals surface area contributed by atoms with Crippen LogP contribution in [-0.4, -0.2) is 46.3 Å². The second-order valence-corrected chi connectivity index (χ2v) is 9.16. The van der Waals surface area contributed by atoms with Gasteiger partial charge in [-0.05, 0) is 50.2 Å². The van der Waals surface area contributed by atoms with Crippen LogP contribution in [0.4, 0.5) is 11.4 Å². The minimum atomic E-state index is -3.90. The van der Waals surface area contributed by atoms with Crippen molar-refractivity contribution in [3.05, 3.63) is 52.0 Å². The Morgan fingerprint density at radius 2 is 1.84 bits per heavy atom. The maximum Gasteiger partial charge on any atom is 0.339 e. The third-order valence-corrected chi connectivity index (χ3v) is 5.99. The van der Waals surface area contributed by atoms with Crippen molar-refractivity contribution in [1.29, 1.82) is 0 Å². The molecule has 0 fully saturated rings. The van der Waals surface area contributed by atoms with E-state index in [2.05, 4.69) is 5.32 Å². The smallest absolute Gasteiger partial charge is 0.339 e. The first-order valence-electron chi connectivity index (χ1n) is 9.10. The van der Waals surface area contributed by atoms with E-state index in [4.69, 9.17) is 32.7 Å². The lowest BCUT2D eigenvalue weighted by Crippen LogP contribution is -2.45. The molecule has 1 unspecified atom stereocenters. The predicted octanol–water partition coefficient (Wildman–Crippen LogP) is 3.97. The van der Waals surface area contributed by atoms with E-state index in [0.717, 1.165) is 10.6 Å². The van der Waals surface area contributed by atoms with E-state index >= 15 is 0 Å². The van der Waals surface area contributed by atoms with Gasteiger partial charge in [-0.1, -0.05) is 23.2 Å². The van der Waals surface area contributed by atoms with Crippen molar-refractivity contribution in [2.24, 2.45) is 0 Å². The van der Waals surface area contributed by atoms with Crippen LogP contribution in [0, 0.1) is 0 Å². The Bertz CT molecular complexity index is 1090. The van der Waals surface area contributed by atoms with Gasteiger partial charge in [-0.2, -0.15) is 0 Å². The Labute approximate surface area is 191 Å². The predicted molar refractivity (Wildman–Crippen MR) is 121 cm³/mol. The first-order chi connectivity index (χ1) is 14.5. The van der Waals surface area contributed by atoms with Gasteiger partial charge >= 0.3 is 5.97 Å². The van der Waals surface area contributed by atoms with Gasteiger partial charge in [-0.15, -0.1) is 0 Å². The normalized spacial score (nSPS) is 12.1. The van der Waals surface area contributed by atoms with Gasteiger partial charge in [0.05, 0.1) is 36.2 Å². The number of halogens is 2. The van der Waals surface area contributed by atoms with E-state index in [1.165, 1.54) is 44.4 Å². The molecule has 0 aliphatic heterocycles. The zero-order valence-electron chi connectivity index (χ0n) is 17.3. The number of hydrogen-bond acceptors (Lipinski definition) is 6. The number of sulfonamides is 1. The number of carbonyl (C=O) groups is 2. The molecule has 0 saturated carbocycles.